The van der Waals surface area contributed by atoms with Gasteiger partial charge in [0, 0.05) is 12.8 Å². The van der Waals surface area contributed by atoms with Crippen molar-refractivity contribution in [2.45, 2.75) is 25.8 Å². The minimum Gasteiger partial charge on any atom is -0.486 e. The van der Waals surface area contributed by atoms with Gasteiger partial charge in [-0.2, -0.15) is 0 Å². The predicted octanol–water partition coefficient (Wildman–Crippen LogP) is 2.40. The van der Waals surface area contributed by atoms with Crippen LogP contribution in [-0.4, -0.2) is 37.5 Å². The van der Waals surface area contributed by atoms with Crippen molar-refractivity contribution in [1.29, 1.82) is 0 Å². The highest BCUT2D eigenvalue weighted by Crippen LogP contribution is 2.33. The van der Waals surface area contributed by atoms with E-state index in [1.54, 1.807) is 24.3 Å². The normalized spacial score (nSPS) is 15.6. The summed E-state index contributed by atoms with van der Waals surface area (Å²) < 4.78 is 11.1. The molecule has 156 valence electrons. The Balaban J connectivity index is 1.34. The van der Waals surface area contributed by atoms with Gasteiger partial charge in [-0.15, -0.1) is 0 Å². The number of rotatable bonds is 5. The van der Waals surface area contributed by atoms with Gasteiger partial charge in [-0.3, -0.25) is 14.4 Å². The SMILES string of the molecule is C[C@@H](NC(=O)CCC(=O)N1CC(=O)Nc2ccccc21)c1ccc2c(c1)OCCO2. The standard InChI is InChI=1S/C22H23N3O5/c1-14(15-6-7-18-19(12-15)30-11-10-29-18)23-20(26)8-9-22(28)25-13-21(27)24-16-4-2-3-5-17(16)25/h2-7,12,14H,8-11,13H2,1H3,(H,23,26)(H,24,27)/t14-/m1/s1. The molecule has 2 aliphatic heterocycles. The molecule has 0 radical (unpaired) electrons. The van der Waals surface area contributed by atoms with E-state index in [4.69, 9.17) is 9.47 Å². The maximum absolute atomic E-state index is 12.7. The van der Waals surface area contributed by atoms with Crippen LogP contribution >= 0.6 is 0 Å². The molecule has 0 aliphatic carbocycles. The Labute approximate surface area is 174 Å². The molecule has 8 heteroatoms. The first-order chi connectivity index (χ1) is 14.5. The number of fused-ring (bicyclic) bond motifs is 2. The van der Waals surface area contributed by atoms with Crippen LogP contribution in [0, 0.1) is 0 Å². The maximum Gasteiger partial charge on any atom is 0.244 e. The minimum absolute atomic E-state index is 0.0152. The Morgan fingerprint density at radius 2 is 1.87 bits per heavy atom. The molecule has 0 fully saturated rings. The van der Waals surface area contributed by atoms with E-state index in [2.05, 4.69) is 10.6 Å². The van der Waals surface area contributed by atoms with E-state index >= 15 is 0 Å². The van der Waals surface area contributed by atoms with Crippen LogP contribution in [0.4, 0.5) is 11.4 Å². The van der Waals surface area contributed by atoms with Crippen molar-refractivity contribution in [3.63, 3.8) is 0 Å². The van der Waals surface area contributed by atoms with Gasteiger partial charge in [-0.05, 0) is 36.8 Å². The number of hydrogen-bond acceptors (Lipinski definition) is 5. The van der Waals surface area contributed by atoms with E-state index in [1.165, 1.54) is 4.90 Å². The Hall–Kier alpha value is -3.55. The Morgan fingerprint density at radius 1 is 1.10 bits per heavy atom. The van der Waals surface area contributed by atoms with Crippen LogP contribution in [0.5, 0.6) is 11.5 Å². The highest BCUT2D eigenvalue weighted by molar-refractivity contribution is 6.10. The molecule has 1 atom stereocenters. The lowest BCUT2D eigenvalue weighted by Gasteiger charge is -2.29. The quantitative estimate of drug-likeness (QED) is 0.791. The average Bonchev–Trinajstić information content (AvgIpc) is 2.76. The summed E-state index contributed by atoms with van der Waals surface area (Å²) in [4.78, 5) is 38.4. The lowest BCUT2D eigenvalue weighted by molar-refractivity contribution is -0.126. The molecule has 30 heavy (non-hydrogen) atoms. The van der Waals surface area contributed by atoms with E-state index in [-0.39, 0.29) is 43.1 Å². The van der Waals surface area contributed by atoms with Crippen LogP contribution in [0.2, 0.25) is 0 Å². The Morgan fingerprint density at radius 3 is 2.70 bits per heavy atom. The molecule has 2 aromatic carbocycles. The van der Waals surface area contributed by atoms with E-state index in [1.807, 2.05) is 25.1 Å². The zero-order chi connectivity index (χ0) is 21.1. The molecule has 0 saturated heterocycles. The number of anilines is 2. The van der Waals surface area contributed by atoms with Gasteiger partial charge in [0.1, 0.15) is 19.8 Å². The molecule has 4 rings (SSSR count). The summed E-state index contributed by atoms with van der Waals surface area (Å²) in [5.74, 6) is 0.607. The third-order valence-electron chi connectivity index (χ3n) is 5.08. The summed E-state index contributed by atoms with van der Waals surface area (Å²) >= 11 is 0. The molecule has 0 saturated carbocycles. The second-order valence-corrected chi connectivity index (χ2v) is 7.24. The van der Waals surface area contributed by atoms with Crippen molar-refractivity contribution < 1.29 is 23.9 Å². The lowest BCUT2D eigenvalue weighted by Crippen LogP contribution is -2.42. The van der Waals surface area contributed by atoms with E-state index in [9.17, 15) is 14.4 Å². The maximum atomic E-state index is 12.7. The van der Waals surface area contributed by atoms with Gasteiger partial charge in [0.2, 0.25) is 17.7 Å². The van der Waals surface area contributed by atoms with Gasteiger partial charge in [0.05, 0.1) is 17.4 Å². The first-order valence-corrected chi connectivity index (χ1v) is 9.89. The monoisotopic (exact) mass is 409 g/mol. The molecule has 2 heterocycles. The molecule has 0 spiro atoms. The fraction of sp³-hybridized carbons (Fsp3) is 0.318. The molecular weight excluding hydrogens is 386 g/mol. The van der Waals surface area contributed by atoms with Crippen LogP contribution in [-0.2, 0) is 14.4 Å². The highest BCUT2D eigenvalue weighted by Gasteiger charge is 2.26. The molecule has 0 bridgehead atoms. The number of benzene rings is 2. The number of nitrogens with one attached hydrogen (secondary N) is 2. The predicted molar refractivity (Wildman–Crippen MR) is 111 cm³/mol. The van der Waals surface area contributed by atoms with Crippen molar-refractivity contribution in [2.75, 3.05) is 30.0 Å². The summed E-state index contributed by atoms with van der Waals surface area (Å²) in [6.45, 7) is 2.84. The van der Waals surface area contributed by atoms with Crippen molar-refractivity contribution >= 4 is 29.1 Å². The molecule has 2 N–H and O–H groups in total. The van der Waals surface area contributed by atoms with Gasteiger partial charge in [-0.1, -0.05) is 18.2 Å². The number of ether oxygens (including phenoxy) is 2. The van der Waals surface area contributed by atoms with Crippen LogP contribution in [0.3, 0.4) is 0 Å². The summed E-state index contributed by atoms with van der Waals surface area (Å²) in [7, 11) is 0. The smallest absolute Gasteiger partial charge is 0.244 e. The average molecular weight is 409 g/mol. The van der Waals surface area contributed by atoms with E-state index in [0.29, 0.717) is 36.1 Å². The molecule has 0 aromatic heterocycles. The molecule has 0 unspecified atom stereocenters. The molecular formula is C22H23N3O5. The molecule has 8 nitrogen and oxygen atoms in total. The Kier molecular flexibility index (Phi) is 5.56. The fourth-order valence-electron chi connectivity index (χ4n) is 3.54. The van der Waals surface area contributed by atoms with Gasteiger partial charge in [-0.25, -0.2) is 0 Å². The van der Waals surface area contributed by atoms with Crippen molar-refractivity contribution in [2.24, 2.45) is 0 Å². The van der Waals surface area contributed by atoms with Gasteiger partial charge < -0.3 is 25.0 Å². The highest BCUT2D eigenvalue weighted by atomic mass is 16.6. The number of hydrogen-bond donors (Lipinski definition) is 2. The van der Waals surface area contributed by atoms with Crippen LogP contribution in [0.25, 0.3) is 0 Å². The fourth-order valence-corrected chi connectivity index (χ4v) is 3.54. The van der Waals surface area contributed by atoms with Crippen LogP contribution in [0.1, 0.15) is 31.4 Å². The van der Waals surface area contributed by atoms with Crippen LogP contribution < -0.4 is 25.0 Å². The second-order valence-electron chi connectivity index (χ2n) is 7.24. The summed E-state index contributed by atoms with van der Waals surface area (Å²) in [5.41, 5.74) is 2.13. The molecule has 2 aliphatic rings. The number of carbonyl (C=O) groups is 3. The minimum atomic E-state index is -0.264. The summed E-state index contributed by atoms with van der Waals surface area (Å²) in [6.07, 6.45) is 0.0509. The van der Waals surface area contributed by atoms with Crippen LogP contribution in [0.15, 0.2) is 42.5 Å². The first kappa shape index (κ1) is 19.8. The first-order valence-electron chi connectivity index (χ1n) is 9.89. The Bertz CT molecular complexity index is 990. The van der Waals surface area contributed by atoms with Crippen molar-refractivity contribution in [1.82, 2.24) is 5.32 Å². The molecule has 2 aromatic rings. The summed E-state index contributed by atoms with van der Waals surface area (Å²) in [6, 6.07) is 12.4. The summed E-state index contributed by atoms with van der Waals surface area (Å²) in [5, 5.41) is 5.65. The third-order valence-corrected chi connectivity index (χ3v) is 5.08. The number of nitrogens with zero attached hydrogens (tertiary/aromatic N) is 1. The zero-order valence-corrected chi connectivity index (χ0v) is 16.6. The van der Waals surface area contributed by atoms with E-state index < -0.39 is 0 Å². The van der Waals surface area contributed by atoms with Gasteiger partial charge >= 0.3 is 0 Å². The van der Waals surface area contributed by atoms with Gasteiger partial charge in [0.15, 0.2) is 11.5 Å². The number of para-hydroxylation sites is 2. The number of carbonyl (C=O) groups excluding carboxylic acids is 3. The second kappa shape index (κ2) is 8.44. The number of amides is 3. The third kappa shape index (κ3) is 4.22. The zero-order valence-electron chi connectivity index (χ0n) is 16.6. The van der Waals surface area contributed by atoms with Gasteiger partial charge in [0.25, 0.3) is 0 Å². The molecule has 3 amide bonds. The lowest BCUT2D eigenvalue weighted by atomic mass is 10.1. The van der Waals surface area contributed by atoms with E-state index in [0.717, 1.165) is 5.56 Å². The topological polar surface area (TPSA) is 97.0 Å². The van der Waals surface area contributed by atoms with Crippen molar-refractivity contribution in [3.05, 3.63) is 48.0 Å². The van der Waals surface area contributed by atoms with Crippen molar-refractivity contribution in [3.8, 4) is 11.5 Å². The largest absolute Gasteiger partial charge is 0.486 e.